The molecule has 4 aliphatic rings. The minimum Gasteiger partial charge on any atom is -0.466 e. The van der Waals surface area contributed by atoms with E-state index in [1.807, 2.05) is 13.8 Å². The van der Waals surface area contributed by atoms with Gasteiger partial charge in [0.2, 0.25) is 0 Å². The molecule has 4 unspecified atom stereocenters. The van der Waals surface area contributed by atoms with E-state index in [1.165, 1.54) is 42.6 Å². The molecule has 120 valence electrons. The third-order valence-corrected chi connectivity index (χ3v) is 6.18. The van der Waals surface area contributed by atoms with Crippen LogP contribution in [0.15, 0.2) is 12.2 Å². The second-order valence-electron chi connectivity index (χ2n) is 7.09. The Labute approximate surface area is 130 Å². The standard InChI is InChI=1S/C12H18.C5H8O2.C2H6/c1-2-8-5-7(1)11-9-3-4-10(6-9)12(8)11;1-4(2)5(6)7-3;1-2/h7-12H,1-6H2;1H2,2-3H3;1-2H3. The third-order valence-electron chi connectivity index (χ3n) is 6.18. The van der Waals surface area contributed by atoms with Gasteiger partial charge in [0.05, 0.1) is 7.11 Å². The van der Waals surface area contributed by atoms with Gasteiger partial charge in [-0.2, -0.15) is 0 Å². The number of hydrogen-bond acceptors (Lipinski definition) is 2. The molecule has 4 saturated carbocycles. The second-order valence-corrected chi connectivity index (χ2v) is 7.09. The quantitative estimate of drug-likeness (QED) is 0.393. The van der Waals surface area contributed by atoms with Crippen molar-refractivity contribution >= 4 is 5.97 Å². The largest absolute Gasteiger partial charge is 0.466 e. The van der Waals surface area contributed by atoms with Crippen molar-refractivity contribution in [3.8, 4) is 0 Å². The summed E-state index contributed by atoms with van der Waals surface area (Å²) < 4.78 is 4.27. The van der Waals surface area contributed by atoms with E-state index in [2.05, 4.69) is 11.3 Å². The molecule has 0 spiro atoms. The van der Waals surface area contributed by atoms with Crippen molar-refractivity contribution in [3.63, 3.8) is 0 Å². The van der Waals surface area contributed by atoms with Crippen LogP contribution in [0.4, 0.5) is 0 Å². The maximum Gasteiger partial charge on any atom is 0.332 e. The SMILES string of the molecule is C1CC2CC1C1C3CCC(C3)C21.C=C(C)C(=O)OC.CC. The maximum absolute atomic E-state index is 10.2. The van der Waals surface area contributed by atoms with E-state index in [4.69, 9.17) is 0 Å². The summed E-state index contributed by atoms with van der Waals surface area (Å²) in [6.45, 7) is 8.95. The Kier molecular flexibility index (Phi) is 5.51. The number of ether oxygens (including phenoxy) is 1. The van der Waals surface area contributed by atoms with Gasteiger partial charge in [-0.05, 0) is 81.0 Å². The number of carbonyl (C=O) groups is 1. The zero-order valence-electron chi connectivity index (χ0n) is 14.2. The van der Waals surface area contributed by atoms with Gasteiger partial charge in [0, 0.05) is 5.57 Å². The highest BCUT2D eigenvalue weighted by molar-refractivity contribution is 5.86. The molecule has 0 heterocycles. The highest BCUT2D eigenvalue weighted by Gasteiger charge is 2.59. The molecule has 0 N–H and O–H groups in total. The fourth-order valence-corrected chi connectivity index (χ4v) is 5.70. The van der Waals surface area contributed by atoms with E-state index in [0.29, 0.717) is 5.57 Å². The molecule has 0 amide bonds. The highest BCUT2D eigenvalue weighted by Crippen LogP contribution is 2.67. The van der Waals surface area contributed by atoms with Gasteiger partial charge in [-0.1, -0.05) is 20.4 Å². The van der Waals surface area contributed by atoms with Gasteiger partial charge in [0.25, 0.3) is 0 Å². The van der Waals surface area contributed by atoms with Crippen LogP contribution in [0.3, 0.4) is 0 Å². The molecule has 0 aliphatic heterocycles. The third kappa shape index (κ3) is 3.05. The zero-order chi connectivity index (χ0) is 15.6. The van der Waals surface area contributed by atoms with Crippen molar-refractivity contribution in [3.05, 3.63) is 12.2 Å². The highest BCUT2D eigenvalue weighted by atomic mass is 16.5. The first kappa shape index (κ1) is 16.6. The molecule has 0 aromatic carbocycles. The summed E-state index contributed by atoms with van der Waals surface area (Å²) in [6, 6.07) is 0. The molecule has 0 aromatic heterocycles. The number of rotatable bonds is 1. The second kappa shape index (κ2) is 6.98. The van der Waals surface area contributed by atoms with Crippen molar-refractivity contribution in [2.24, 2.45) is 35.5 Å². The van der Waals surface area contributed by atoms with Crippen molar-refractivity contribution in [1.82, 2.24) is 0 Å². The van der Waals surface area contributed by atoms with Crippen LogP contribution in [0, 0.1) is 35.5 Å². The molecule has 4 bridgehead atoms. The number of hydrogen-bond donors (Lipinski definition) is 0. The number of carbonyl (C=O) groups excluding carboxylic acids is 1. The van der Waals surface area contributed by atoms with Crippen LogP contribution in [0.1, 0.15) is 59.3 Å². The predicted molar refractivity (Wildman–Crippen MR) is 86.8 cm³/mol. The van der Waals surface area contributed by atoms with E-state index in [1.54, 1.807) is 45.4 Å². The fraction of sp³-hybridized carbons (Fsp3) is 0.842. The van der Waals surface area contributed by atoms with Crippen LogP contribution in [-0.2, 0) is 9.53 Å². The molecule has 4 rings (SSSR count). The van der Waals surface area contributed by atoms with Crippen LogP contribution < -0.4 is 0 Å². The normalized spacial score (nSPS) is 40.6. The molecule has 0 radical (unpaired) electrons. The lowest BCUT2D eigenvalue weighted by Crippen LogP contribution is -2.27. The lowest BCUT2D eigenvalue weighted by atomic mass is 9.71. The topological polar surface area (TPSA) is 26.3 Å². The minimum atomic E-state index is -0.347. The molecule has 4 fully saturated rings. The summed E-state index contributed by atoms with van der Waals surface area (Å²) in [7, 11) is 1.33. The van der Waals surface area contributed by atoms with E-state index < -0.39 is 0 Å². The van der Waals surface area contributed by atoms with Gasteiger partial charge in [-0.25, -0.2) is 4.79 Å². The summed E-state index contributed by atoms with van der Waals surface area (Å²) in [5.41, 5.74) is 0.433. The van der Waals surface area contributed by atoms with Crippen LogP contribution in [0.25, 0.3) is 0 Å². The van der Waals surface area contributed by atoms with Gasteiger partial charge in [-0.15, -0.1) is 0 Å². The van der Waals surface area contributed by atoms with Gasteiger partial charge in [0.1, 0.15) is 0 Å². The van der Waals surface area contributed by atoms with Crippen molar-refractivity contribution < 1.29 is 9.53 Å². The van der Waals surface area contributed by atoms with Crippen LogP contribution >= 0.6 is 0 Å². The summed E-state index contributed by atoms with van der Waals surface area (Å²) in [6.07, 6.45) is 9.71. The van der Waals surface area contributed by atoms with E-state index in [-0.39, 0.29) is 5.97 Å². The average Bonchev–Trinajstić information content (AvgIpc) is 3.27. The fourth-order valence-electron chi connectivity index (χ4n) is 5.70. The molecular formula is C19H32O2. The van der Waals surface area contributed by atoms with Crippen LogP contribution in [0.5, 0.6) is 0 Å². The van der Waals surface area contributed by atoms with Gasteiger partial charge >= 0.3 is 5.97 Å². The zero-order valence-corrected chi connectivity index (χ0v) is 14.2. The Morgan fingerprint density at radius 3 is 1.43 bits per heavy atom. The Balaban J connectivity index is 0.000000158. The van der Waals surface area contributed by atoms with Crippen molar-refractivity contribution in [2.45, 2.75) is 59.3 Å². The summed E-state index contributed by atoms with van der Waals surface area (Å²) >= 11 is 0. The summed E-state index contributed by atoms with van der Waals surface area (Å²) in [5, 5.41) is 0. The molecule has 2 heteroatoms. The Hall–Kier alpha value is -0.790. The summed E-state index contributed by atoms with van der Waals surface area (Å²) in [5.74, 6) is 6.95. The average molecular weight is 292 g/mol. The first-order valence-corrected chi connectivity index (χ1v) is 8.85. The lowest BCUT2D eigenvalue weighted by molar-refractivity contribution is -0.136. The van der Waals surface area contributed by atoms with Crippen LogP contribution in [-0.4, -0.2) is 13.1 Å². The van der Waals surface area contributed by atoms with Gasteiger partial charge < -0.3 is 4.74 Å². The van der Waals surface area contributed by atoms with E-state index >= 15 is 0 Å². The lowest BCUT2D eigenvalue weighted by Gasteiger charge is -2.34. The molecule has 0 saturated heterocycles. The van der Waals surface area contributed by atoms with Crippen LogP contribution in [0.2, 0.25) is 0 Å². The molecule has 2 nitrogen and oxygen atoms in total. The molecule has 21 heavy (non-hydrogen) atoms. The Morgan fingerprint density at radius 1 is 0.905 bits per heavy atom. The first-order chi connectivity index (χ1) is 10.1. The first-order valence-electron chi connectivity index (χ1n) is 8.85. The monoisotopic (exact) mass is 292 g/mol. The molecule has 4 aliphatic carbocycles. The Morgan fingerprint density at radius 2 is 1.24 bits per heavy atom. The number of esters is 1. The van der Waals surface area contributed by atoms with E-state index in [9.17, 15) is 4.79 Å². The maximum atomic E-state index is 10.2. The molecule has 4 atom stereocenters. The number of methoxy groups -OCH3 is 1. The summed E-state index contributed by atoms with van der Waals surface area (Å²) in [4.78, 5) is 10.2. The Bertz CT molecular complexity index is 343. The smallest absolute Gasteiger partial charge is 0.332 e. The molecular weight excluding hydrogens is 260 g/mol. The van der Waals surface area contributed by atoms with Gasteiger partial charge in [-0.3, -0.25) is 0 Å². The molecule has 0 aromatic rings. The van der Waals surface area contributed by atoms with Gasteiger partial charge in [0.15, 0.2) is 0 Å². The van der Waals surface area contributed by atoms with Crippen molar-refractivity contribution in [2.75, 3.05) is 7.11 Å². The predicted octanol–water partition coefficient (Wildman–Crippen LogP) is 4.84. The van der Waals surface area contributed by atoms with Crippen molar-refractivity contribution in [1.29, 1.82) is 0 Å². The van der Waals surface area contributed by atoms with E-state index in [0.717, 1.165) is 0 Å². The number of fused-ring (bicyclic) bond motifs is 9. The minimum absolute atomic E-state index is 0.347.